The van der Waals surface area contributed by atoms with Crippen LogP contribution in [0.25, 0.3) is 0 Å². The van der Waals surface area contributed by atoms with E-state index in [2.05, 4.69) is 10.2 Å². The van der Waals surface area contributed by atoms with Crippen molar-refractivity contribution >= 4 is 40.6 Å². The minimum atomic E-state index is -2.86. The summed E-state index contributed by atoms with van der Waals surface area (Å²) in [5.74, 6) is 0.553. The average Bonchev–Trinajstić information content (AvgIpc) is 3.05. The third kappa shape index (κ3) is 6.32. The summed E-state index contributed by atoms with van der Waals surface area (Å²) in [6, 6.07) is 8.04. The van der Waals surface area contributed by atoms with Gasteiger partial charge in [-0.15, -0.1) is 24.8 Å². The number of rotatable bonds is 5. The molecule has 1 amide bonds. The Morgan fingerprint density at radius 1 is 1.19 bits per heavy atom. The molecule has 0 spiro atoms. The van der Waals surface area contributed by atoms with Crippen molar-refractivity contribution in [2.75, 3.05) is 44.7 Å². The number of likely N-dealkylation sites (N-methyl/N-ethyl adjacent to an activating group) is 1. The van der Waals surface area contributed by atoms with Gasteiger partial charge in [-0.05, 0) is 37.6 Å². The highest BCUT2D eigenvalue weighted by Gasteiger charge is 2.29. The highest BCUT2D eigenvalue weighted by Crippen LogP contribution is 2.20. The number of amides is 1. The summed E-state index contributed by atoms with van der Waals surface area (Å²) >= 11 is 0. The molecule has 9 heteroatoms. The molecular weight excluding hydrogens is 409 g/mol. The minimum Gasteiger partial charge on any atom is -0.334 e. The maximum absolute atomic E-state index is 12.9. The van der Waals surface area contributed by atoms with Crippen molar-refractivity contribution in [3.8, 4) is 0 Å². The Balaban J connectivity index is 0.00000182. The standard InChI is InChI=1S/C18H27N3O3S.2ClH/c1-19-13-17-6-3-7-21(17)18(22)16-5-2-4-15(12-16)14-20-8-10-25(23,24)11-9-20;;/h2,4-5,12,17,19H,3,6-11,13-14H2,1H3;2*1H. The van der Waals surface area contributed by atoms with E-state index in [0.29, 0.717) is 19.6 Å². The van der Waals surface area contributed by atoms with E-state index in [1.165, 1.54) is 0 Å². The summed E-state index contributed by atoms with van der Waals surface area (Å²) < 4.78 is 23.1. The van der Waals surface area contributed by atoms with Crippen molar-refractivity contribution in [2.24, 2.45) is 0 Å². The van der Waals surface area contributed by atoms with Crippen molar-refractivity contribution in [3.63, 3.8) is 0 Å². The molecule has 0 radical (unpaired) electrons. The molecule has 6 nitrogen and oxygen atoms in total. The minimum absolute atomic E-state index is 0. The Morgan fingerprint density at radius 2 is 1.89 bits per heavy atom. The van der Waals surface area contributed by atoms with Crippen LogP contribution in [0.3, 0.4) is 0 Å². The lowest BCUT2D eigenvalue weighted by molar-refractivity contribution is 0.0737. The molecule has 0 aromatic heterocycles. The molecule has 1 N–H and O–H groups in total. The highest BCUT2D eigenvalue weighted by molar-refractivity contribution is 7.91. The van der Waals surface area contributed by atoms with E-state index in [1.54, 1.807) is 0 Å². The molecule has 2 aliphatic heterocycles. The molecule has 2 saturated heterocycles. The van der Waals surface area contributed by atoms with Gasteiger partial charge in [0.25, 0.3) is 5.91 Å². The topological polar surface area (TPSA) is 69.7 Å². The summed E-state index contributed by atoms with van der Waals surface area (Å²) in [4.78, 5) is 17.0. The molecule has 0 aliphatic carbocycles. The monoisotopic (exact) mass is 437 g/mol. The van der Waals surface area contributed by atoms with Gasteiger partial charge >= 0.3 is 0 Å². The zero-order valence-electron chi connectivity index (χ0n) is 15.6. The molecule has 0 saturated carbocycles. The number of hydrogen-bond acceptors (Lipinski definition) is 5. The fourth-order valence-corrected chi connectivity index (χ4v) is 4.96. The van der Waals surface area contributed by atoms with Crippen LogP contribution >= 0.6 is 24.8 Å². The molecule has 1 aromatic rings. The second-order valence-electron chi connectivity index (χ2n) is 6.98. The van der Waals surface area contributed by atoms with Crippen LogP contribution in [0, 0.1) is 0 Å². The van der Waals surface area contributed by atoms with Crippen LogP contribution < -0.4 is 5.32 Å². The molecule has 0 bridgehead atoms. The quantitative estimate of drug-likeness (QED) is 0.756. The predicted octanol–water partition coefficient (Wildman–Crippen LogP) is 1.58. The molecule has 154 valence electrons. The van der Waals surface area contributed by atoms with E-state index in [-0.39, 0.29) is 48.3 Å². The second kappa shape index (κ2) is 10.6. The van der Waals surface area contributed by atoms with Crippen LogP contribution in [0.1, 0.15) is 28.8 Å². The lowest BCUT2D eigenvalue weighted by Gasteiger charge is -2.27. The lowest BCUT2D eigenvalue weighted by atomic mass is 10.1. The van der Waals surface area contributed by atoms with Gasteiger partial charge < -0.3 is 10.2 Å². The van der Waals surface area contributed by atoms with Gasteiger partial charge in [0, 0.05) is 44.3 Å². The third-order valence-corrected chi connectivity index (χ3v) is 6.70. The number of benzene rings is 1. The number of carbonyl (C=O) groups is 1. The number of halogens is 2. The molecule has 1 aromatic carbocycles. The normalized spacial score (nSPS) is 22.0. The average molecular weight is 438 g/mol. The first-order valence-electron chi connectivity index (χ1n) is 8.96. The van der Waals surface area contributed by atoms with E-state index < -0.39 is 9.84 Å². The lowest BCUT2D eigenvalue weighted by Crippen LogP contribution is -2.41. The molecule has 27 heavy (non-hydrogen) atoms. The van der Waals surface area contributed by atoms with E-state index >= 15 is 0 Å². The van der Waals surface area contributed by atoms with Gasteiger partial charge in [-0.2, -0.15) is 0 Å². The predicted molar refractivity (Wildman–Crippen MR) is 113 cm³/mol. The summed E-state index contributed by atoms with van der Waals surface area (Å²) in [7, 11) is -0.944. The van der Waals surface area contributed by atoms with Gasteiger partial charge in [0.05, 0.1) is 11.5 Å². The second-order valence-corrected chi connectivity index (χ2v) is 9.28. The summed E-state index contributed by atoms with van der Waals surface area (Å²) in [5.41, 5.74) is 1.79. The third-order valence-electron chi connectivity index (χ3n) is 5.09. The van der Waals surface area contributed by atoms with E-state index in [4.69, 9.17) is 0 Å². The molecule has 1 atom stereocenters. The smallest absolute Gasteiger partial charge is 0.254 e. The zero-order valence-corrected chi connectivity index (χ0v) is 18.0. The Kier molecular flexibility index (Phi) is 9.51. The number of hydrogen-bond donors (Lipinski definition) is 1. The molecule has 2 aliphatic rings. The fourth-order valence-electron chi connectivity index (χ4n) is 3.69. The molecule has 2 heterocycles. The van der Waals surface area contributed by atoms with Crippen molar-refractivity contribution in [1.82, 2.24) is 15.1 Å². The van der Waals surface area contributed by atoms with Crippen LogP contribution in [0.4, 0.5) is 0 Å². The molecule has 1 unspecified atom stereocenters. The fraction of sp³-hybridized carbons (Fsp3) is 0.611. The first-order valence-corrected chi connectivity index (χ1v) is 10.8. The Bertz CT molecular complexity index is 716. The van der Waals surface area contributed by atoms with E-state index in [0.717, 1.165) is 37.1 Å². The molecule has 2 fully saturated rings. The first-order chi connectivity index (χ1) is 12.0. The van der Waals surface area contributed by atoms with E-state index in [1.807, 2.05) is 36.2 Å². The van der Waals surface area contributed by atoms with Crippen LogP contribution in [-0.4, -0.2) is 74.9 Å². The Labute approximate surface area is 174 Å². The maximum Gasteiger partial charge on any atom is 0.254 e. The number of carbonyl (C=O) groups excluding carboxylic acids is 1. The Hall–Kier alpha value is -0.860. The van der Waals surface area contributed by atoms with Gasteiger partial charge in [0.2, 0.25) is 0 Å². The van der Waals surface area contributed by atoms with Crippen molar-refractivity contribution < 1.29 is 13.2 Å². The Morgan fingerprint density at radius 3 is 2.56 bits per heavy atom. The number of sulfone groups is 1. The summed E-state index contributed by atoms with van der Waals surface area (Å²) in [6.07, 6.45) is 2.11. The SMILES string of the molecule is CNCC1CCCN1C(=O)c1cccc(CN2CCS(=O)(=O)CC2)c1.Cl.Cl. The van der Waals surface area contributed by atoms with Crippen LogP contribution in [-0.2, 0) is 16.4 Å². The number of nitrogens with zero attached hydrogens (tertiary/aromatic N) is 2. The summed E-state index contributed by atoms with van der Waals surface area (Å²) in [5, 5.41) is 3.17. The zero-order chi connectivity index (χ0) is 17.9. The van der Waals surface area contributed by atoms with Gasteiger partial charge in [0.1, 0.15) is 0 Å². The number of likely N-dealkylation sites (tertiary alicyclic amines) is 1. The number of nitrogens with one attached hydrogen (secondary N) is 1. The molecular formula is C18H29Cl2N3O3S. The summed E-state index contributed by atoms with van der Waals surface area (Å²) in [6.45, 7) is 3.47. The van der Waals surface area contributed by atoms with Gasteiger partial charge in [-0.3, -0.25) is 9.69 Å². The van der Waals surface area contributed by atoms with Gasteiger partial charge in [-0.1, -0.05) is 12.1 Å². The maximum atomic E-state index is 12.9. The van der Waals surface area contributed by atoms with Crippen molar-refractivity contribution in [2.45, 2.75) is 25.4 Å². The highest BCUT2D eigenvalue weighted by atomic mass is 35.5. The van der Waals surface area contributed by atoms with E-state index in [9.17, 15) is 13.2 Å². The van der Waals surface area contributed by atoms with Gasteiger partial charge in [0.15, 0.2) is 9.84 Å². The van der Waals surface area contributed by atoms with Crippen molar-refractivity contribution in [1.29, 1.82) is 0 Å². The van der Waals surface area contributed by atoms with Gasteiger partial charge in [-0.25, -0.2) is 8.42 Å². The largest absolute Gasteiger partial charge is 0.334 e. The van der Waals surface area contributed by atoms with Crippen molar-refractivity contribution in [3.05, 3.63) is 35.4 Å². The van der Waals surface area contributed by atoms with Crippen LogP contribution in [0.15, 0.2) is 24.3 Å². The molecule has 3 rings (SSSR count). The van der Waals surface area contributed by atoms with Crippen LogP contribution in [0.5, 0.6) is 0 Å². The first kappa shape index (κ1) is 24.2. The van der Waals surface area contributed by atoms with Crippen LogP contribution in [0.2, 0.25) is 0 Å².